The molecule has 2 aromatic rings. The highest BCUT2D eigenvalue weighted by atomic mass is 32.1. The molecule has 0 spiro atoms. The van der Waals surface area contributed by atoms with Gasteiger partial charge in [-0.05, 0) is 13.5 Å². The molecule has 2 aromatic heterocycles. The van der Waals surface area contributed by atoms with Crippen molar-refractivity contribution in [2.24, 2.45) is 7.05 Å². The van der Waals surface area contributed by atoms with E-state index < -0.39 is 0 Å². The van der Waals surface area contributed by atoms with Crippen molar-refractivity contribution < 1.29 is 0 Å². The van der Waals surface area contributed by atoms with E-state index in [2.05, 4.69) is 28.5 Å². The zero-order chi connectivity index (χ0) is 11.5. The van der Waals surface area contributed by atoms with Crippen molar-refractivity contribution in [3.8, 4) is 0 Å². The molecule has 4 nitrogen and oxygen atoms in total. The molecule has 5 heteroatoms. The predicted molar refractivity (Wildman–Crippen MR) is 65.6 cm³/mol. The number of nitrogens with zero attached hydrogens (tertiary/aromatic N) is 3. The summed E-state index contributed by atoms with van der Waals surface area (Å²) in [6.07, 6.45) is 3.90. The summed E-state index contributed by atoms with van der Waals surface area (Å²) in [6, 6.07) is 0.165. The number of hydrogen-bond donors (Lipinski definition) is 1. The van der Waals surface area contributed by atoms with Crippen LogP contribution in [0.25, 0.3) is 0 Å². The molecule has 16 heavy (non-hydrogen) atoms. The lowest BCUT2D eigenvalue weighted by Gasteiger charge is -2.14. The Kier molecular flexibility index (Phi) is 3.36. The maximum Gasteiger partial charge on any atom is 0.114 e. The van der Waals surface area contributed by atoms with Gasteiger partial charge in [0.05, 0.1) is 11.7 Å². The monoisotopic (exact) mass is 236 g/mol. The Morgan fingerprint density at radius 1 is 1.56 bits per heavy atom. The third kappa shape index (κ3) is 2.15. The first-order valence-electron chi connectivity index (χ1n) is 5.35. The smallest absolute Gasteiger partial charge is 0.114 e. The van der Waals surface area contributed by atoms with Crippen LogP contribution in [0.2, 0.25) is 0 Å². The van der Waals surface area contributed by atoms with E-state index in [1.807, 2.05) is 30.2 Å². The summed E-state index contributed by atoms with van der Waals surface area (Å²) in [6.45, 7) is 5.05. The van der Waals surface area contributed by atoms with E-state index in [9.17, 15) is 0 Å². The normalized spacial score (nSPS) is 12.9. The molecule has 1 atom stereocenters. The van der Waals surface area contributed by atoms with Crippen molar-refractivity contribution in [3.05, 3.63) is 34.0 Å². The standard InChI is InChI=1S/C11H16N4S/c1-4-12-10(11-13-5-6-16-11)9-7-15(3)14-8(9)2/h5-7,10,12H,4H2,1-3H3. The van der Waals surface area contributed by atoms with Crippen LogP contribution in [0.5, 0.6) is 0 Å². The highest BCUT2D eigenvalue weighted by molar-refractivity contribution is 7.09. The van der Waals surface area contributed by atoms with Crippen LogP contribution in [0.15, 0.2) is 17.8 Å². The summed E-state index contributed by atoms with van der Waals surface area (Å²) in [5, 5.41) is 10.9. The van der Waals surface area contributed by atoms with Crippen LogP contribution in [0.3, 0.4) is 0 Å². The highest BCUT2D eigenvalue weighted by Gasteiger charge is 2.19. The molecule has 0 amide bonds. The Hall–Kier alpha value is -1.20. The molecule has 0 aromatic carbocycles. The lowest BCUT2D eigenvalue weighted by molar-refractivity contribution is 0.624. The Balaban J connectivity index is 2.36. The highest BCUT2D eigenvalue weighted by Crippen LogP contribution is 2.25. The Bertz CT molecular complexity index is 447. The number of nitrogens with one attached hydrogen (secondary N) is 1. The number of aromatic nitrogens is 3. The van der Waals surface area contributed by atoms with E-state index in [1.165, 1.54) is 5.56 Å². The van der Waals surface area contributed by atoms with Crippen LogP contribution < -0.4 is 5.32 Å². The number of rotatable bonds is 4. The van der Waals surface area contributed by atoms with Gasteiger partial charge in [0.2, 0.25) is 0 Å². The molecule has 0 aliphatic rings. The third-order valence-electron chi connectivity index (χ3n) is 2.47. The van der Waals surface area contributed by atoms with Crippen molar-refractivity contribution in [1.82, 2.24) is 20.1 Å². The summed E-state index contributed by atoms with van der Waals surface area (Å²) in [4.78, 5) is 4.38. The summed E-state index contributed by atoms with van der Waals surface area (Å²) in [7, 11) is 1.95. The number of hydrogen-bond acceptors (Lipinski definition) is 4. The molecule has 0 saturated heterocycles. The van der Waals surface area contributed by atoms with Crippen LogP contribution in [0.1, 0.15) is 29.2 Å². The van der Waals surface area contributed by atoms with E-state index in [-0.39, 0.29) is 6.04 Å². The minimum atomic E-state index is 0.165. The average Bonchev–Trinajstić information content (AvgIpc) is 2.85. The van der Waals surface area contributed by atoms with Gasteiger partial charge in [-0.3, -0.25) is 4.68 Å². The second-order valence-corrected chi connectivity index (χ2v) is 4.63. The van der Waals surface area contributed by atoms with Crippen LogP contribution in [0.4, 0.5) is 0 Å². The molecule has 2 rings (SSSR count). The lowest BCUT2D eigenvalue weighted by atomic mass is 10.1. The van der Waals surface area contributed by atoms with Gasteiger partial charge < -0.3 is 5.32 Å². The Morgan fingerprint density at radius 3 is 2.88 bits per heavy atom. The second kappa shape index (κ2) is 4.76. The van der Waals surface area contributed by atoms with Crippen molar-refractivity contribution in [2.75, 3.05) is 6.54 Å². The zero-order valence-electron chi connectivity index (χ0n) is 9.77. The topological polar surface area (TPSA) is 42.7 Å². The Morgan fingerprint density at radius 2 is 2.38 bits per heavy atom. The first kappa shape index (κ1) is 11.3. The van der Waals surface area contributed by atoms with Crippen LogP contribution >= 0.6 is 11.3 Å². The molecule has 86 valence electrons. The molecular weight excluding hydrogens is 220 g/mol. The molecule has 0 fully saturated rings. The molecule has 0 radical (unpaired) electrons. The van der Waals surface area contributed by atoms with Crippen molar-refractivity contribution >= 4 is 11.3 Å². The van der Waals surface area contributed by atoms with E-state index in [0.29, 0.717) is 0 Å². The van der Waals surface area contributed by atoms with Gasteiger partial charge in [-0.2, -0.15) is 5.10 Å². The van der Waals surface area contributed by atoms with Gasteiger partial charge in [0.25, 0.3) is 0 Å². The van der Waals surface area contributed by atoms with Crippen molar-refractivity contribution in [3.63, 3.8) is 0 Å². The van der Waals surface area contributed by atoms with Gasteiger partial charge in [-0.15, -0.1) is 11.3 Å². The summed E-state index contributed by atoms with van der Waals surface area (Å²) < 4.78 is 1.85. The molecule has 1 unspecified atom stereocenters. The van der Waals surface area contributed by atoms with Gasteiger partial charge in [-0.1, -0.05) is 6.92 Å². The SMILES string of the molecule is CCNC(c1nccs1)c1cn(C)nc1C. The predicted octanol–water partition coefficient (Wildman–Crippen LogP) is 1.88. The molecule has 0 bridgehead atoms. The van der Waals surface area contributed by atoms with Gasteiger partial charge in [0.1, 0.15) is 5.01 Å². The number of aryl methyl sites for hydroxylation is 2. The fraction of sp³-hybridized carbons (Fsp3) is 0.455. The van der Waals surface area contributed by atoms with E-state index >= 15 is 0 Å². The van der Waals surface area contributed by atoms with Gasteiger partial charge in [0.15, 0.2) is 0 Å². The largest absolute Gasteiger partial charge is 0.304 e. The van der Waals surface area contributed by atoms with E-state index in [0.717, 1.165) is 17.2 Å². The quantitative estimate of drug-likeness (QED) is 0.881. The molecule has 2 heterocycles. The van der Waals surface area contributed by atoms with Crippen LogP contribution in [-0.4, -0.2) is 21.3 Å². The summed E-state index contributed by atoms with van der Waals surface area (Å²) >= 11 is 1.67. The van der Waals surface area contributed by atoms with Crippen LogP contribution in [0, 0.1) is 6.92 Å². The average molecular weight is 236 g/mol. The summed E-state index contributed by atoms with van der Waals surface area (Å²) in [5.74, 6) is 0. The fourth-order valence-electron chi connectivity index (χ4n) is 1.81. The van der Waals surface area contributed by atoms with E-state index in [1.54, 1.807) is 11.3 Å². The molecule has 0 aliphatic carbocycles. The molecule has 0 aliphatic heterocycles. The first-order chi connectivity index (χ1) is 7.72. The Labute approximate surface area is 99.3 Å². The van der Waals surface area contributed by atoms with Gasteiger partial charge in [-0.25, -0.2) is 4.98 Å². The van der Waals surface area contributed by atoms with Crippen molar-refractivity contribution in [1.29, 1.82) is 0 Å². The maximum absolute atomic E-state index is 4.38. The maximum atomic E-state index is 4.38. The summed E-state index contributed by atoms with van der Waals surface area (Å²) in [5.41, 5.74) is 2.27. The molecular formula is C11H16N4S. The molecule has 0 saturated carbocycles. The third-order valence-corrected chi connectivity index (χ3v) is 3.31. The second-order valence-electron chi connectivity index (χ2n) is 3.70. The van der Waals surface area contributed by atoms with Gasteiger partial charge >= 0.3 is 0 Å². The lowest BCUT2D eigenvalue weighted by Crippen LogP contribution is -2.22. The van der Waals surface area contributed by atoms with Gasteiger partial charge in [0, 0.05) is 30.4 Å². The zero-order valence-corrected chi connectivity index (χ0v) is 10.6. The minimum absolute atomic E-state index is 0.165. The van der Waals surface area contributed by atoms with Crippen molar-refractivity contribution in [2.45, 2.75) is 19.9 Å². The number of thiazole rings is 1. The fourth-order valence-corrected chi connectivity index (χ4v) is 2.54. The van der Waals surface area contributed by atoms with E-state index in [4.69, 9.17) is 0 Å². The minimum Gasteiger partial charge on any atom is -0.304 e. The molecule has 1 N–H and O–H groups in total. The first-order valence-corrected chi connectivity index (χ1v) is 6.23. The van der Waals surface area contributed by atoms with Crippen LogP contribution in [-0.2, 0) is 7.05 Å².